The number of aromatic hydroxyl groups is 3. The Balaban J connectivity index is 1.74. The van der Waals surface area contributed by atoms with Crippen LogP contribution in [0.25, 0.3) is 11.1 Å². The molecule has 4 aromatic carbocycles. The van der Waals surface area contributed by atoms with Gasteiger partial charge in [0.15, 0.2) is 0 Å². The van der Waals surface area contributed by atoms with Crippen molar-refractivity contribution in [3.63, 3.8) is 0 Å². The smallest absolute Gasteiger partial charge is 0.115 e. The third kappa shape index (κ3) is 3.69. The first-order valence-corrected chi connectivity index (χ1v) is 9.07. The zero-order chi connectivity index (χ0) is 19.5. The van der Waals surface area contributed by atoms with Gasteiger partial charge in [0, 0.05) is 5.92 Å². The van der Waals surface area contributed by atoms with Crippen molar-refractivity contribution < 1.29 is 15.3 Å². The third-order valence-corrected chi connectivity index (χ3v) is 4.90. The van der Waals surface area contributed by atoms with Crippen LogP contribution in [0.1, 0.15) is 22.6 Å². The highest BCUT2D eigenvalue weighted by atomic mass is 16.3. The van der Waals surface area contributed by atoms with Gasteiger partial charge in [0.2, 0.25) is 0 Å². The predicted molar refractivity (Wildman–Crippen MR) is 111 cm³/mol. The summed E-state index contributed by atoms with van der Waals surface area (Å²) in [7, 11) is 0. The van der Waals surface area contributed by atoms with Crippen LogP contribution < -0.4 is 0 Å². The summed E-state index contributed by atoms with van der Waals surface area (Å²) < 4.78 is 0. The molecule has 3 nitrogen and oxygen atoms in total. The van der Waals surface area contributed by atoms with Crippen LogP contribution in [0.3, 0.4) is 0 Å². The maximum absolute atomic E-state index is 9.65. The van der Waals surface area contributed by atoms with Gasteiger partial charge in [-0.3, -0.25) is 0 Å². The van der Waals surface area contributed by atoms with E-state index in [1.54, 1.807) is 36.4 Å². The minimum absolute atomic E-state index is 0.0185. The van der Waals surface area contributed by atoms with E-state index in [2.05, 4.69) is 24.3 Å². The molecule has 0 bridgehead atoms. The van der Waals surface area contributed by atoms with Gasteiger partial charge in [0.05, 0.1) is 0 Å². The quantitative estimate of drug-likeness (QED) is 0.408. The summed E-state index contributed by atoms with van der Waals surface area (Å²) >= 11 is 0. The fraction of sp³-hybridized carbons (Fsp3) is 0.0400. The standard InChI is InChI=1S/C25H20O3/c26-22-11-5-18(6-12-22)17-1-3-19(4-2-17)25(20-7-13-23(27)14-8-20)21-9-15-24(28)16-10-21/h1-16,25-28H. The van der Waals surface area contributed by atoms with Gasteiger partial charge in [-0.05, 0) is 64.2 Å². The molecule has 0 amide bonds. The molecule has 0 radical (unpaired) electrons. The second-order valence-electron chi connectivity index (χ2n) is 6.78. The molecule has 0 saturated heterocycles. The summed E-state index contributed by atoms with van der Waals surface area (Å²) in [5.41, 5.74) is 5.33. The summed E-state index contributed by atoms with van der Waals surface area (Å²) in [5.74, 6) is 0.696. The van der Waals surface area contributed by atoms with E-state index >= 15 is 0 Å². The molecule has 0 aromatic heterocycles. The number of rotatable bonds is 4. The number of phenols is 3. The summed E-state index contributed by atoms with van der Waals surface area (Å²) in [6, 6.07) is 29.9. The van der Waals surface area contributed by atoms with Crippen LogP contribution in [0.4, 0.5) is 0 Å². The number of benzene rings is 4. The van der Waals surface area contributed by atoms with Crippen LogP contribution >= 0.6 is 0 Å². The lowest BCUT2D eigenvalue weighted by Gasteiger charge is -2.19. The largest absolute Gasteiger partial charge is 0.508 e. The Labute approximate surface area is 163 Å². The minimum atomic E-state index is -0.0185. The number of hydrogen-bond acceptors (Lipinski definition) is 3. The zero-order valence-corrected chi connectivity index (χ0v) is 15.2. The van der Waals surface area contributed by atoms with Crippen LogP contribution in [0.2, 0.25) is 0 Å². The monoisotopic (exact) mass is 368 g/mol. The molecule has 0 fully saturated rings. The lowest BCUT2D eigenvalue weighted by Crippen LogP contribution is -2.03. The van der Waals surface area contributed by atoms with Crippen molar-refractivity contribution in [3.05, 3.63) is 114 Å². The maximum atomic E-state index is 9.65. The van der Waals surface area contributed by atoms with E-state index in [0.717, 1.165) is 27.8 Å². The van der Waals surface area contributed by atoms with E-state index in [1.165, 1.54) is 0 Å². The molecule has 4 aromatic rings. The maximum Gasteiger partial charge on any atom is 0.115 e. The molecule has 0 aliphatic rings. The number of phenolic OH excluding ortho intramolecular Hbond substituents is 3. The van der Waals surface area contributed by atoms with E-state index in [4.69, 9.17) is 0 Å². The van der Waals surface area contributed by atoms with Crippen molar-refractivity contribution in [2.45, 2.75) is 5.92 Å². The van der Waals surface area contributed by atoms with Gasteiger partial charge >= 0.3 is 0 Å². The Hall–Kier alpha value is -3.72. The molecule has 3 heteroatoms. The average Bonchev–Trinajstić information content (AvgIpc) is 2.72. The van der Waals surface area contributed by atoms with Gasteiger partial charge in [-0.1, -0.05) is 60.7 Å². The van der Waals surface area contributed by atoms with Crippen LogP contribution in [-0.4, -0.2) is 15.3 Å². The Bertz CT molecular complexity index is 1000. The van der Waals surface area contributed by atoms with Gasteiger partial charge in [-0.15, -0.1) is 0 Å². The molecular weight excluding hydrogens is 348 g/mol. The first-order chi connectivity index (χ1) is 13.6. The first kappa shape index (κ1) is 17.7. The lowest BCUT2D eigenvalue weighted by atomic mass is 9.84. The number of hydrogen-bond donors (Lipinski definition) is 3. The predicted octanol–water partition coefficient (Wildman–Crippen LogP) is 5.65. The van der Waals surface area contributed by atoms with Crippen molar-refractivity contribution in [3.8, 4) is 28.4 Å². The average molecular weight is 368 g/mol. The van der Waals surface area contributed by atoms with Crippen molar-refractivity contribution in [1.29, 1.82) is 0 Å². The Morgan fingerprint density at radius 2 is 0.607 bits per heavy atom. The highest BCUT2D eigenvalue weighted by Gasteiger charge is 2.17. The van der Waals surface area contributed by atoms with Crippen LogP contribution in [-0.2, 0) is 0 Å². The molecule has 28 heavy (non-hydrogen) atoms. The molecule has 0 saturated carbocycles. The van der Waals surface area contributed by atoms with Gasteiger partial charge in [0.25, 0.3) is 0 Å². The van der Waals surface area contributed by atoms with E-state index in [9.17, 15) is 15.3 Å². The SMILES string of the molecule is Oc1ccc(-c2ccc(C(c3ccc(O)cc3)c3ccc(O)cc3)cc2)cc1. The summed E-state index contributed by atoms with van der Waals surface area (Å²) in [6.45, 7) is 0. The van der Waals surface area contributed by atoms with Crippen LogP contribution in [0.5, 0.6) is 17.2 Å². The van der Waals surface area contributed by atoms with Crippen LogP contribution in [0, 0.1) is 0 Å². The Morgan fingerprint density at radius 1 is 0.357 bits per heavy atom. The van der Waals surface area contributed by atoms with Gasteiger partial charge in [-0.25, -0.2) is 0 Å². The molecule has 0 aliphatic heterocycles. The Kier molecular flexibility index (Phi) is 4.73. The van der Waals surface area contributed by atoms with Gasteiger partial charge in [0.1, 0.15) is 17.2 Å². The molecule has 0 heterocycles. The molecule has 0 spiro atoms. The fourth-order valence-electron chi connectivity index (χ4n) is 3.43. The highest BCUT2D eigenvalue weighted by Crippen LogP contribution is 2.34. The molecule has 0 atom stereocenters. The second kappa shape index (κ2) is 7.49. The molecule has 4 rings (SSSR count). The summed E-state index contributed by atoms with van der Waals surface area (Å²) in [5, 5.41) is 28.8. The third-order valence-electron chi connectivity index (χ3n) is 4.90. The van der Waals surface area contributed by atoms with Crippen molar-refractivity contribution in [1.82, 2.24) is 0 Å². The van der Waals surface area contributed by atoms with E-state index < -0.39 is 0 Å². The van der Waals surface area contributed by atoms with Gasteiger partial charge in [-0.2, -0.15) is 0 Å². The summed E-state index contributed by atoms with van der Waals surface area (Å²) in [4.78, 5) is 0. The molecule has 3 N–H and O–H groups in total. The normalized spacial score (nSPS) is 10.9. The van der Waals surface area contributed by atoms with Crippen molar-refractivity contribution in [2.75, 3.05) is 0 Å². The van der Waals surface area contributed by atoms with E-state index in [-0.39, 0.29) is 23.2 Å². The van der Waals surface area contributed by atoms with Crippen LogP contribution in [0.15, 0.2) is 97.1 Å². The molecule has 138 valence electrons. The lowest BCUT2D eigenvalue weighted by molar-refractivity contribution is 0.474. The topological polar surface area (TPSA) is 60.7 Å². The van der Waals surface area contributed by atoms with Crippen molar-refractivity contribution in [2.24, 2.45) is 0 Å². The van der Waals surface area contributed by atoms with E-state index in [0.29, 0.717) is 0 Å². The highest BCUT2D eigenvalue weighted by molar-refractivity contribution is 5.65. The van der Waals surface area contributed by atoms with Gasteiger partial charge < -0.3 is 15.3 Å². The molecule has 0 aliphatic carbocycles. The zero-order valence-electron chi connectivity index (χ0n) is 15.2. The first-order valence-electron chi connectivity index (χ1n) is 9.07. The minimum Gasteiger partial charge on any atom is -0.508 e. The van der Waals surface area contributed by atoms with Crippen molar-refractivity contribution >= 4 is 0 Å². The fourth-order valence-corrected chi connectivity index (χ4v) is 3.43. The Morgan fingerprint density at radius 3 is 0.964 bits per heavy atom. The molecule has 0 unspecified atom stereocenters. The molecular formula is C25H20O3. The van der Waals surface area contributed by atoms with E-state index in [1.807, 2.05) is 36.4 Å². The summed E-state index contributed by atoms with van der Waals surface area (Å²) in [6.07, 6.45) is 0. The second-order valence-corrected chi connectivity index (χ2v) is 6.78.